The van der Waals surface area contributed by atoms with Crippen molar-refractivity contribution in [2.24, 2.45) is 0 Å². The Kier molecular flexibility index (Phi) is 4.15. The molecule has 23 heavy (non-hydrogen) atoms. The van der Waals surface area contributed by atoms with Gasteiger partial charge in [-0.1, -0.05) is 42.5 Å². The third-order valence-corrected chi connectivity index (χ3v) is 4.17. The maximum absolute atomic E-state index is 12.7. The minimum atomic E-state index is -0.151. The van der Waals surface area contributed by atoms with Gasteiger partial charge in [0.2, 0.25) is 11.8 Å². The van der Waals surface area contributed by atoms with Crippen LogP contribution in [-0.4, -0.2) is 17.9 Å². The lowest BCUT2D eigenvalue weighted by molar-refractivity contribution is -0.119. The predicted octanol–water partition coefficient (Wildman–Crippen LogP) is 3.36. The summed E-state index contributed by atoms with van der Waals surface area (Å²) in [7, 11) is 0. The van der Waals surface area contributed by atoms with Crippen molar-refractivity contribution in [3.63, 3.8) is 0 Å². The average molecular weight is 308 g/mol. The molecule has 1 aliphatic rings. The summed E-state index contributed by atoms with van der Waals surface area (Å²) < 4.78 is 0. The molecule has 2 aromatic rings. The van der Waals surface area contributed by atoms with E-state index >= 15 is 0 Å². The maximum atomic E-state index is 12.7. The average Bonchev–Trinajstić information content (AvgIpc) is 2.63. The van der Waals surface area contributed by atoms with E-state index in [9.17, 15) is 9.59 Å². The number of carbonyl (C=O) groups excluding carboxylic acids is 2. The van der Waals surface area contributed by atoms with Crippen molar-refractivity contribution in [1.82, 2.24) is 0 Å². The maximum Gasteiger partial charge on any atom is 0.229 e. The molecule has 1 aliphatic heterocycles. The van der Waals surface area contributed by atoms with Gasteiger partial charge in [0, 0.05) is 19.4 Å². The van der Waals surface area contributed by atoms with Gasteiger partial charge in [-0.15, -0.1) is 0 Å². The summed E-state index contributed by atoms with van der Waals surface area (Å²) in [6.45, 7) is 3.97. The lowest BCUT2D eigenvalue weighted by Crippen LogP contribution is -2.37. The minimum Gasteiger partial charge on any atom is -0.307 e. The number of fused-ring (bicyclic) bond motifs is 1. The van der Waals surface area contributed by atoms with Crippen molar-refractivity contribution in [2.45, 2.75) is 32.9 Å². The number of anilines is 2. The number of rotatable bonds is 2. The van der Waals surface area contributed by atoms with Crippen LogP contribution in [0.15, 0.2) is 54.6 Å². The van der Waals surface area contributed by atoms with Gasteiger partial charge in [-0.3, -0.25) is 9.59 Å². The van der Waals surface area contributed by atoms with E-state index in [2.05, 4.69) is 0 Å². The molecule has 0 spiro atoms. The van der Waals surface area contributed by atoms with Crippen LogP contribution in [0.25, 0.3) is 0 Å². The van der Waals surface area contributed by atoms with Crippen molar-refractivity contribution in [1.29, 1.82) is 0 Å². The van der Waals surface area contributed by atoms with Crippen LogP contribution in [0.3, 0.4) is 0 Å². The molecule has 2 aromatic carbocycles. The molecular weight excluding hydrogens is 288 g/mol. The predicted molar refractivity (Wildman–Crippen MR) is 91.3 cm³/mol. The zero-order valence-corrected chi connectivity index (χ0v) is 13.4. The fraction of sp³-hybridized carbons (Fsp3) is 0.263. The molecule has 0 aromatic heterocycles. The highest BCUT2D eigenvalue weighted by Crippen LogP contribution is 2.35. The summed E-state index contributed by atoms with van der Waals surface area (Å²) in [4.78, 5) is 28.3. The minimum absolute atomic E-state index is 0.0394. The van der Waals surface area contributed by atoms with E-state index < -0.39 is 0 Å². The van der Waals surface area contributed by atoms with E-state index in [4.69, 9.17) is 0 Å². The van der Waals surface area contributed by atoms with Gasteiger partial charge in [-0.2, -0.15) is 0 Å². The molecule has 0 saturated carbocycles. The molecule has 0 unspecified atom stereocenters. The Hall–Kier alpha value is -2.62. The number of nitrogens with zero attached hydrogens (tertiary/aromatic N) is 2. The van der Waals surface area contributed by atoms with Crippen LogP contribution in [0, 0.1) is 0 Å². The van der Waals surface area contributed by atoms with Crippen LogP contribution in [-0.2, 0) is 16.1 Å². The first kappa shape index (κ1) is 15.3. The molecule has 2 amide bonds. The fourth-order valence-corrected chi connectivity index (χ4v) is 3.14. The van der Waals surface area contributed by atoms with E-state index in [0.29, 0.717) is 13.0 Å². The lowest BCUT2D eigenvalue weighted by atomic mass is 10.1. The number of amides is 2. The largest absolute Gasteiger partial charge is 0.307 e. The highest BCUT2D eigenvalue weighted by Gasteiger charge is 2.32. The smallest absolute Gasteiger partial charge is 0.229 e. The van der Waals surface area contributed by atoms with E-state index in [0.717, 1.165) is 16.9 Å². The normalized spacial score (nSPS) is 17.7. The molecule has 0 N–H and O–H groups in total. The van der Waals surface area contributed by atoms with Gasteiger partial charge in [-0.05, 0) is 24.6 Å². The number of benzene rings is 2. The van der Waals surface area contributed by atoms with E-state index in [1.165, 1.54) is 0 Å². The second kappa shape index (κ2) is 6.24. The van der Waals surface area contributed by atoms with Gasteiger partial charge in [0.05, 0.1) is 17.9 Å². The van der Waals surface area contributed by atoms with Crippen LogP contribution in [0.4, 0.5) is 11.4 Å². The van der Waals surface area contributed by atoms with Gasteiger partial charge >= 0.3 is 0 Å². The molecule has 4 nitrogen and oxygen atoms in total. The van der Waals surface area contributed by atoms with Gasteiger partial charge in [0.15, 0.2) is 0 Å². The molecule has 4 heteroatoms. The summed E-state index contributed by atoms with van der Waals surface area (Å²) in [6, 6.07) is 17.4. The number of para-hydroxylation sites is 2. The van der Waals surface area contributed by atoms with Crippen LogP contribution in [0.2, 0.25) is 0 Å². The molecule has 1 atom stereocenters. The Morgan fingerprint density at radius 1 is 1.04 bits per heavy atom. The first-order valence-electron chi connectivity index (χ1n) is 7.81. The number of hydrogen-bond acceptors (Lipinski definition) is 2. The van der Waals surface area contributed by atoms with E-state index in [1.807, 2.05) is 61.5 Å². The quantitative estimate of drug-likeness (QED) is 0.853. The first-order valence-corrected chi connectivity index (χ1v) is 7.81. The number of carbonyl (C=O) groups is 2. The van der Waals surface area contributed by atoms with Crippen molar-refractivity contribution in [2.75, 3.05) is 9.80 Å². The highest BCUT2D eigenvalue weighted by atomic mass is 16.2. The van der Waals surface area contributed by atoms with Gasteiger partial charge < -0.3 is 9.80 Å². The summed E-state index contributed by atoms with van der Waals surface area (Å²) >= 11 is 0. The molecule has 118 valence electrons. The molecule has 0 aliphatic carbocycles. The third-order valence-electron chi connectivity index (χ3n) is 4.17. The molecule has 0 bridgehead atoms. The Morgan fingerprint density at radius 2 is 1.65 bits per heavy atom. The highest BCUT2D eigenvalue weighted by molar-refractivity contribution is 6.04. The van der Waals surface area contributed by atoms with E-state index in [1.54, 1.807) is 16.7 Å². The molecule has 0 radical (unpaired) electrons. The van der Waals surface area contributed by atoms with Crippen LogP contribution in [0.5, 0.6) is 0 Å². The molecule has 1 heterocycles. The zero-order valence-electron chi connectivity index (χ0n) is 13.4. The van der Waals surface area contributed by atoms with Crippen molar-refractivity contribution in [3.05, 3.63) is 60.2 Å². The van der Waals surface area contributed by atoms with Gasteiger partial charge in [0.25, 0.3) is 0 Å². The Labute approximate surface area is 136 Å². The second-order valence-corrected chi connectivity index (χ2v) is 5.90. The van der Waals surface area contributed by atoms with Crippen LogP contribution in [0.1, 0.15) is 25.8 Å². The Balaban J connectivity index is 2.06. The second-order valence-electron chi connectivity index (χ2n) is 5.90. The Bertz CT molecular complexity index is 727. The number of hydrogen-bond donors (Lipinski definition) is 0. The lowest BCUT2D eigenvalue weighted by Gasteiger charge is -2.27. The van der Waals surface area contributed by atoms with E-state index in [-0.39, 0.29) is 17.9 Å². The summed E-state index contributed by atoms with van der Waals surface area (Å²) in [5.41, 5.74) is 2.66. The van der Waals surface area contributed by atoms with Crippen LogP contribution < -0.4 is 9.80 Å². The fourth-order valence-electron chi connectivity index (χ4n) is 3.14. The standard InChI is InChI=1S/C19H20N2O2/c1-14-12-19(23)20(13-16-8-4-3-5-9-16)17-10-6-7-11-18(17)21(14)15(2)22/h3-11,14H,12-13H2,1-2H3/t14-/m1/s1. The molecular formula is C19H20N2O2. The Morgan fingerprint density at radius 3 is 2.30 bits per heavy atom. The van der Waals surface area contributed by atoms with Gasteiger partial charge in [0.1, 0.15) is 0 Å². The summed E-state index contributed by atoms with van der Waals surface area (Å²) in [6.07, 6.45) is 0.321. The third kappa shape index (κ3) is 2.97. The van der Waals surface area contributed by atoms with Crippen molar-refractivity contribution < 1.29 is 9.59 Å². The monoisotopic (exact) mass is 308 g/mol. The SMILES string of the molecule is CC(=O)N1c2ccccc2N(Cc2ccccc2)C(=O)C[C@H]1C. The molecule has 3 rings (SSSR count). The molecule has 0 fully saturated rings. The topological polar surface area (TPSA) is 40.6 Å². The zero-order chi connectivity index (χ0) is 16.4. The summed E-state index contributed by atoms with van der Waals surface area (Å²) in [5.74, 6) is -0.00290. The van der Waals surface area contributed by atoms with Crippen molar-refractivity contribution in [3.8, 4) is 0 Å². The van der Waals surface area contributed by atoms with Crippen molar-refractivity contribution >= 4 is 23.2 Å². The molecule has 0 saturated heterocycles. The van der Waals surface area contributed by atoms with Gasteiger partial charge in [-0.25, -0.2) is 0 Å². The summed E-state index contributed by atoms with van der Waals surface area (Å²) in [5, 5.41) is 0. The first-order chi connectivity index (χ1) is 11.1. The van der Waals surface area contributed by atoms with Crippen LogP contribution >= 0.6 is 0 Å².